The van der Waals surface area contributed by atoms with Gasteiger partial charge in [0.1, 0.15) is 6.20 Å². The minimum absolute atomic E-state index is 0.795. The van der Waals surface area contributed by atoms with Crippen molar-refractivity contribution in [1.82, 2.24) is 4.98 Å². The number of methoxy groups -OCH3 is 1. The molecule has 0 saturated heterocycles. The molecule has 2 rings (SSSR count). The molecule has 0 aliphatic heterocycles. The molecule has 2 nitrogen and oxygen atoms in total. The van der Waals surface area contributed by atoms with E-state index in [9.17, 15) is 0 Å². The summed E-state index contributed by atoms with van der Waals surface area (Å²) in [5, 5.41) is 1.13. The van der Waals surface area contributed by atoms with Crippen molar-refractivity contribution in [3.63, 3.8) is 0 Å². The van der Waals surface area contributed by atoms with Crippen LogP contribution in [0.3, 0.4) is 0 Å². The van der Waals surface area contributed by atoms with Crippen LogP contribution in [0.4, 0.5) is 0 Å². The summed E-state index contributed by atoms with van der Waals surface area (Å²) < 4.78 is 5.16. The van der Waals surface area contributed by atoms with Crippen molar-refractivity contribution in [1.29, 1.82) is 0 Å². The van der Waals surface area contributed by atoms with Crippen LogP contribution < -0.4 is 4.74 Å². The van der Waals surface area contributed by atoms with Gasteiger partial charge in [-0.3, -0.25) is 0 Å². The Labute approximate surface area is 71.2 Å². The van der Waals surface area contributed by atoms with Crippen LogP contribution in [0.1, 0.15) is 5.56 Å². The zero-order valence-corrected chi connectivity index (χ0v) is 7.14. The number of hydrogen-bond acceptors (Lipinski definition) is 1. The van der Waals surface area contributed by atoms with E-state index in [0.717, 1.165) is 16.7 Å². The summed E-state index contributed by atoms with van der Waals surface area (Å²) >= 11 is 0. The van der Waals surface area contributed by atoms with Gasteiger partial charge in [-0.2, -0.15) is 0 Å². The maximum atomic E-state index is 5.16. The maximum absolute atomic E-state index is 5.16. The third-order valence-corrected chi connectivity index (χ3v) is 2.01. The van der Waals surface area contributed by atoms with Crippen molar-refractivity contribution < 1.29 is 4.74 Å². The predicted molar refractivity (Wildman–Crippen MR) is 48.4 cm³/mol. The fourth-order valence-corrected chi connectivity index (χ4v) is 1.41. The Bertz CT molecular complexity index is 403. The summed E-state index contributed by atoms with van der Waals surface area (Å²) in [5.41, 5.74) is 2.29. The van der Waals surface area contributed by atoms with Crippen LogP contribution >= 0.6 is 0 Å². The van der Waals surface area contributed by atoms with Crippen molar-refractivity contribution >= 4 is 10.9 Å². The first kappa shape index (κ1) is 7.22. The minimum atomic E-state index is 0.795. The number of benzene rings is 1. The van der Waals surface area contributed by atoms with E-state index in [1.165, 1.54) is 5.56 Å². The molecule has 0 aliphatic rings. The molecule has 0 amide bonds. The van der Waals surface area contributed by atoms with Gasteiger partial charge in [-0.05, 0) is 18.6 Å². The van der Waals surface area contributed by atoms with Gasteiger partial charge in [0.25, 0.3) is 0 Å². The van der Waals surface area contributed by atoms with E-state index < -0.39 is 0 Å². The highest BCUT2D eigenvalue weighted by atomic mass is 16.5. The van der Waals surface area contributed by atoms with Gasteiger partial charge in [-0.1, -0.05) is 12.1 Å². The van der Waals surface area contributed by atoms with Crippen LogP contribution in [-0.4, -0.2) is 12.1 Å². The zero-order chi connectivity index (χ0) is 8.55. The van der Waals surface area contributed by atoms with Crippen molar-refractivity contribution in [3.05, 3.63) is 30.0 Å². The van der Waals surface area contributed by atoms with Gasteiger partial charge in [0, 0.05) is 5.39 Å². The third kappa shape index (κ3) is 0.881. The molecule has 12 heavy (non-hydrogen) atoms. The Hall–Kier alpha value is -1.44. The fourth-order valence-electron chi connectivity index (χ4n) is 1.41. The Kier molecular flexibility index (Phi) is 1.54. The lowest BCUT2D eigenvalue weighted by atomic mass is 10.1. The first-order valence-corrected chi connectivity index (χ1v) is 3.86. The molecule has 0 fully saturated rings. The van der Waals surface area contributed by atoms with Crippen LogP contribution in [0.2, 0.25) is 0 Å². The monoisotopic (exact) mass is 160 g/mol. The van der Waals surface area contributed by atoms with Crippen molar-refractivity contribution in [3.8, 4) is 5.75 Å². The van der Waals surface area contributed by atoms with E-state index in [0.29, 0.717) is 0 Å². The van der Waals surface area contributed by atoms with E-state index >= 15 is 0 Å². The quantitative estimate of drug-likeness (QED) is 0.680. The fraction of sp³-hybridized carbons (Fsp3) is 0.200. The molecule has 2 heteroatoms. The molecule has 1 aromatic heterocycles. The number of ether oxygens (including phenoxy) is 1. The number of aryl methyl sites for hydroxylation is 1. The number of hydrogen-bond donors (Lipinski definition) is 1. The second kappa shape index (κ2) is 2.55. The topological polar surface area (TPSA) is 25.0 Å². The highest BCUT2D eigenvalue weighted by molar-refractivity contribution is 5.88. The van der Waals surface area contributed by atoms with Gasteiger partial charge < -0.3 is 9.72 Å². The molecule has 2 aromatic rings. The molecule has 0 bridgehead atoms. The predicted octanol–water partition coefficient (Wildman–Crippen LogP) is 2.29. The van der Waals surface area contributed by atoms with Crippen LogP contribution in [0.15, 0.2) is 18.2 Å². The molecule has 1 aromatic carbocycles. The first-order chi connectivity index (χ1) is 5.83. The van der Waals surface area contributed by atoms with Gasteiger partial charge >= 0.3 is 0 Å². The molecule has 1 heterocycles. The number of fused-ring (bicyclic) bond motifs is 1. The van der Waals surface area contributed by atoms with E-state index in [4.69, 9.17) is 4.74 Å². The molecule has 0 unspecified atom stereocenters. The number of aromatic nitrogens is 1. The SMILES string of the molecule is COc1[c][nH]c2cccc(C)c12. The smallest absolute Gasteiger partial charge is 0.154 e. The average molecular weight is 160 g/mol. The Morgan fingerprint density at radius 3 is 3.00 bits per heavy atom. The van der Waals surface area contributed by atoms with Gasteiger partial charge in [-0.15, -0.1) is 0 Å². The van der Waals surface area contributed by atoms with Gasteiger partial charge in [0.05, 0.1) is 12.6 Å². The van der Waals surface area contributed by atoms with Crippen LogP contribution in [0.5, 0.6) is 5.75 Å². The minimum Gasteiger partial charge on any atom is -0.494 e. The Morgan fingerprint density at radius 2 is 2.25 bits per heavy atom. The maximum Gasteiger partial charge on any atom is 0.154 e. The molecule has 61 valence electrons. The standard InChI is InChI=1S/C10H10NO/c1-7-4-3-5-8-10(7)9(12-2)6-11-8/h3-5,11H,1-2H3. The van der Waals surface area contributed by atoms with Crippen LogP contribution in [-0.2, 0) is 0 Å². The highest BCUT2D eigenvalue weighted by Gasteiger charge is 2.05. The lowest BCUT2D eigenvalue weighted by molar-refractivity contribution is 0.418. The third-order valence-electron chi connectivity index (χ3n) is 2.01. The molecular weight excluding hydrogens is 150 g/mol. The van der Waals surface area contributed by atoms with Crippen molar-refractivity contribution in [2.45, 2.75) is 6.92 Å². The Balaban J connectivity index is 2.83. The summed E-state index contributed by atoms with van der Waals surface area (Å²) in [6.45, 7) is 2.06. The molecule has 1 N–H and O–H groups in total. The highest BCUT2D eigenvalue weighted by Crippen LogP contribution is 2.27. The molecule has 1 radical (unpaired) electrons. The summed E-state index contributed by atoms with van der Waals surface area (Å²) in [4.78, 5) is 3.03. The second-order valence-corrected chi connectivity index (χ2v) is 2.78. The molecule has 0 aliphatic carbocycles. The summed E-state index contributed by atoms with van der Waals surface area (Å²) in [5.74, 6) is 0.795. The lowest BCUT2D eigenvalue weighted by Gasteiger charge is -1.98. The molecule has 0 atom stereocenters. The van der Waals surface area contributed by atoms with Gasteiger partial charge in [0.15, 0.2) is 5.75 Å². The first-order valence-electron chi connectivity index (χ1n) is 3.86. The molecular formula is C10H10NO. The number of nitrogens with one attached hydrogen (secondary N) is 1. The number of H-pyrrole nitrogens is 1. The van der Waals surface area contributed by atoms with Crippen LogP contribution in [0.25, 0.3) is 10.9 Å². The summed E-state index contributed by atoms with van der Waals surface area (Å²) in [7, 11) is 1.66. The van der Waals surface area contributed by atoms with Crippen LogP contribution in [0, 0.1) is 13.1 Å². The van der Waals surface area contributed by atoms with E-state index in [-0.39, 0.29) is 0 Å². The number of aromatic amines is 1. The van der Waals surface area contributed by atoms with E-state index in [1.807, 2.05) is 12.1 Å². The lowest BCUT2D eigenvalue weighted by Crippen LogP contribution is -1.81. The average Bonchev–Trinajstić information content (AvgIpc) is 2.49. The molecule has 0 spiro atoms. The number of rotatable bonds is 1. The summed E-state index contributed by atoms with van der Waals surface area (Å²) in [6.07, 6.45) is 2.96. The van der Waals surface area contributed by atoms with E-state index in [2.05, 4.69) is 24.2 Å². The zero-order valence-electron chi connectivity index (χ0n) is 7.14. The molecule has 0 saturated carbocycles. The van der Waals surface area contributed by atoms with E-state index in [1.54, 1.807) is 7.11 Å². The van der Waals surface area contributed by atoms with Gasteiger partial charge in [-0.25, -0.2) is 0 Å². The Morgan fingerprint density at radius 1 is 1.42 bits per heavy atom. The van der Waals surface area contributed by atoms with Gasteiger partial charge in [0.2, 0.25) is 0 Å². The summed E-state index contributed by atoms with van der Waals surface area (Å²) in [6, 6.07) is 6.09. The second-order valence-electron chi connectivity index (χ2n) is 2.78. The normalized spacial score (nSPS) is 10.5. The van der Waals surface area contributed by atoms with Crippen molar-refractivity contribution in [2.75, 3.05) is 7.11 Å². The largest absolute Gasteiger partial charge is 0.494 e. The van der Waals surface area contributed by atoms with Crippen molar-refractivity contribution in [2.24, 2.45) is 0 Å².